The van der Waals surface area contributed by atoms with Crippen LogP contribution in [0.2, 0.25) is 0 Å². The maximum Gasteiger partial charge on any atom is 0.335 e. The molecule has 100 valence electrons. The van der Waals surface area contributed by atoms with Crippen molar-refractivity contribution >= 4 is 17.0 Å². The van der Waals surface area contributed by atoms with Gasteiger partial charge in [0, 0.05) is 12.1 Å². The summed E-state index contributed by atoms with van der Waals surface area (Å²) in [5, 5.41) is 9.06. The lowest BCUT2D eigenvalue weighted by molar-refractivity contribution is 0.0697. The zero-order valence-electron chi connectivity index (χ0n) is 11.1. The molecule has 1 heterocycles. The Labute approximate surface area is 116 Å². The molecule has 1 aromatic heterocycles. The van der Waals surface area contributed by atoms with Crippen molar-refractivity contribution in [2.45, 2.75) is 13.5 Å². The summed E-state index contributed by atoms with van der Waals surface area (Å²) in [6.07, 6.45) is 0. The number of benzene rings is 2. The summed E-state index contributed by atoms with van der Waals surface area (Å²) in [5.74, 6) is -0.0650. The van der Waals surface area contributed by atoms with Crippen LogP contribution < -0.4 is 0 Å². The van der Waals surface area contributed by atoms with E-state index in [1.54, 1.807) is 12.1 Å². The molecule has 0 saturated heterocycles. The zero-order valence-corrected chi connectivity index (χ0v) is 11.1. The van der Waals surface area contributed by atoms with Gasteiger partial charge in [-0.3, -0.25) is 0 Å². The van der Waals surface area contributed by atoms with Crippen LogP contribution in [-0.2, 0) is 6.54 Å². The number of aromatic nitrogens is 2. The maximum absolute atomic E-state index is 11.0. The molecule has 1 N–H and O–H groups in total. The second-order valence-electron chi connectivity index (χ2n) is 4.55. The normalized spacial score (nSPS) is 10.8. The van der Waals surface area contributed by atoms with Gasteiger partial charge in [-0.15, -0.1) is 0 Å². The van der Waals surface area contributed by atoms with Gasteiger partial charge in [-0.1, -0.05) is 30.3 Å². The predicted molar refractivity (Wildman–Crippen MR) is 77.8 cm³/mol. The number of imidazole rings is 1. The van der Waals surface area contributed by atoms with E-state index >= 15 is 0 Å². The van der Waals surface area contributed by atoms with Crippen molar-refractivity contribution in [1.82, 2.24) is 9.55 Å². The molecule has 0 spiro atoms. The Bertz CT molecular complexity index is 776. The molecule has 4 heteroatoms. The number of carboxylic acids is 1. The number of aromatic carboxylic acids is 1. The van der Waals surface area contributed by atoms with Gasteiger partial charge in [-0.2, -0.15) is 0 Å². The lowest BCUT2D eigenvalue weighted by atomic mass is 10.2. The first-order chi connectivity index (χ1) is 9.70. The molecule has 0 radical (unpaired) electrons. The standard InChI is InChI=1S/C16H14N2O2/c1-2-18-14-9-8-12(16(19)20)10-13(14)17-15(18)11-6-4-3-5-7-11/h3-10H,2H2,1H3,(H,19,20). The number of carbonyl (C=O) groups is 1. The Kier molecular flexibility index (Phi) is 2.99. The molecule has 0 saturated carbocycles. The molecule has 0 aliphatic rings. The van der Waals surface area contributed by atoms with Crippen LogP contribution in [0.3, 0.4) is 0 Å². The third kappa shape index (κ3) is 1.95. The Morgan fingerprint density at radius 3 is 2.60 bits per heavy atom. The van der Waals surface area contributed by atoms with Gasteiger partial charge in [0.05, 0.1) is 16.6 Å². The van der Waals surface area contributed by atoms with Crippen LogP contribution in [0.5, 0.6) is 0 Å². The van der Waals surface area contributed by atoms with Gasteiger partial charge >= 0.3 is 5.97 Å². The number of fused-ring (bicyclic) bond motifs is 1. The van der Waals surface area contributed by atoms with Crippen LogP contribution in [0.4, 0.5) is 0 Å². The van der Waals surface area contributed by atoms with E-state index in [0.29, 0.717) is 5.52 Å². The van der Waals surface area contributed by atoms with E-state index in [1.165, 1.54) is 0 Å². The number of carboxylic acid groups (broad SMARTS) is 1. The van der Waals surface area contributed by atoms with Crippen molar-refractivity contribution in [1.29, 1.82) is 0 Å². The molecule has 3 aromatic rings. The highest BCUT2D eigenvalue weighted by Gasteiger charge is 2.13. The van der Waals surface area contributed by atoms with E-state index in [-0.39, 0.29) is 5.56 Å². The first-order valence-corrected chi connectivity index (χ1v) is 6.49. The average Bonchev–Trinajstić information content (AvgIpc) is 2.85. The molecule has 0 atom stereocenters. The van der Waals surface area contributed by atoms with E-state index in [9.17, 15) is 4.79 Å². The van der Waals surface area contributed by atoms with E-state index in [0.717, 1.165) is 23.4 Å². The van der Waals surface area contributed by atoms with Crippen molar-refractivity contribution in [2.24, 2.45) is 0 Å². The van der Waals surface area contributed by atoms with Gasteiger partial charge in [-0.05, 0) is 25.1 Å². The minimum atomic E-state index is -0.931. The number of hydrogen-bond donors (Lipinski definition) is 1. The number of hydrogen-bond acceptors (Lipinski definition) is 2. The van der Waals surface area contributed by atoms with Gasteiger partial charge in [0.2, 0.25) is 0 Å². The topological polar surface area (TPSA) is 55.1 Å². The second-order valence-corrected chi connectivity index (χ2v) is 4.55. The smallest absolute Gasteiger partial charge is 0.335 e. The molecule has 0 fully saturated rings. The van der Waals surface area contributed by atoms with Crippen LogP contribution in [0.1, 0.15) is 17.3 Å². The Morgan fingerprint density at radius 2 is 1.95 bits per heavy atom. The first-order valence-electron chi connectivity index (χ1n) is 6.49. The summed E-state index contributed by atoms with van der Waals surface area (Å²) in [6.45, 7) is 2.84. The molecule has 2 aromatic carbocycles. The number of rotatable bonds is 3. The van der Waals surface area contributed by atoms with Crippen LogP contribution in [0.25, 0.3) is 22.4 Å². The van der Waals surface area contributed by atoms with Crippen LogP contribution in [-0.4, -0.2) is 20.6 Å². The van der Waals surface area contributed by atoms with E-state index < -0.39 is 5.97 Å². The summed E-state index contributed by atoms with van der Waals surface area (Å²) < 4.78 is 2.09. The quantitative estimate of drug-likeness (QED) is 0.790. The molecule has 0 bridgehead atoms. The van der Waals surface area contributed by atoms with Crippen LogP contribution >= 0.6 is 0 Å². The lowest BCUT2D eigenvalue weighted by Gasteiger charge is -2.05. The second kappa shape index (κ2) is 4.81. The van der Waals surface area contributed by atoms with E-state index in [4.69, 9.17) is 5.11 Å². The number of aryl methyl sites for hydroxylation is 1. The SMILES string of the molecule is CCn1c(-c2ccccc2)nc2cc(C(=O)O)ccc21. The summed E-state index contributed by atoms with van der Waals surface area (Å²) >= 11 is 0. The molecule has 0 amide bonds. The molecule has 0 unspecified atom stereocenters. The summed E-state index contributed by atoms with van der Waals surface area (Å²) in [4.78, 5) is 15.6. The highest BCUT2D eigenvalue weighted by atomic mass is 16.4. The van der Waals surface area contributed by atoms with Crippen LogP contribution in [0.15, 0.2) is 48.5 Å². The molecule has 20 heavy (non-hydrogen) atoms. The highest BCUT2D eigenvalue weighted by molar-refractivity contribution is 5.93. The fourth-order valence-corrected chi connectivity index (χ4v) is 2.39. The molecule has 0 aliphatic heterocycles. The van der Waals surface area contributed by atoms with E-state index in [2.05, 4.69) is 16.5 Å². The van der Waals surface area contributed by atoms with Gasteiger partial charge < -0.3 is 9.67 Å². The molecule has 3 rings (SSSR count). The van der Waals surface area contributed by atoms with Gasteiger partial charge in [-0.25, -0.2) is 9.78 Å². The molecular formula is C16H14N2O2. The maximum atomic E-state index is 11.0. The first kappa shape index (κ1) is 12.4. The summed E-state index contributed by atoms with van der Waals surface area (Å²) in [6, 6.07) is 15.0. The zero-order chi connectivity index (χ0) is 14.1. The highest BCUT2D eigenvalue weighted by Crippen LogP contribution is 2.25. The van der Waals surface area contributed by atoms with Crippen LogP contribution in [0, 0.1) is 0 Å². The third-order valence-electron chi connectivity index (χ3n) is 3.34. The largest absolute Gasteiger partial charge is 0.478 e. The van der Waals surface area contributed by atoms with Gasteiger partial charge in [0.25, 0.3) is 0 Å². The lowest BCUT2D eigenvalue weighted by Crippen LogP contribution is -1.98. The fourth-order valence-electron chi connectivity index (χ4n) is 2.39. The Hall–Kier alpha value is -2.62. The van der Waals surface area contributed by atoms with Crippen molar-refractivity contribution in [2.75, 3.05) is 0 Å². The van der Waals surface area contributed by atoms with Crippen molar-refractivity contribution in [3.63, 3.8) is 0 Å². The Balaban J connectivity index is 2.25. The predicted octanol–water partition coefficient (Wildman–Crippen LogP) is 3.42. The summed E-state index contributed by atoms with van der Waals surface area (Å²) in [7, 11) is 0. The molecular weight excluding hydrogens is 252 g/mol. The fraction of sp³-hybridized carbons (Fsp3) is 0.125. The molecule has 0 aliphatic carbocycles. The number of nitrogens with zero attached hydrogens (tertiary/aromatic N) is 2. The van der Waals surface area contributed by atoms with Crippen molar-refractivity contribution in [3.05, 3.63) is 54.1 Å². The van der Waals surface area contributed by atoms with E-state index in [1.807, 2.05) is 36.4 Å². The average molecular weight is 266 g/mol. The molecule has 4 nitrogen and oxygen atoms in total. The van der Waals surface area contributed by atoms with Crippen molar-refractivity contribution < 1.29 is 9.90 Å². The monoisotopic (exact) mass is 266 g/mol. The van der Waals surface area contributed by atoms with Gasteiger partial charge in [0.1, 0.15) is 5.82 Å². The van der Waals surface area contributed by atoms with Crippen molar-refractivity contribution in [3.8, 4) is 11.4 Å². The van der Waals surface area contributed by atoms with Gasteiger partial charge in [0.15, 0.2) is 0 Å². The minimum Gasteiger partial charge on any atom is -0.478 e. The summed E-state index contributed by atoms with van der Waals surface area (Å²) in [5.41, 5.74) is 2.96. The third-order valence-corrected chi connectivity index (χ3v) is 3.34. The minimum absolute atomic E-state index is 0.262. The Morgan fingerprint density at radius 1 is 1.20 bits per heavy atom.